The molecule has 1 fully saturated rings. The number of hydrogen-bond donors (Lipinski definition) is 0. The first-order valence-corrected chi connectivity index (χ1v) is 8.26. The Hall–Kier alpha value is -1.46. The van der Waals surface area contributed by atoms with Crippen LogP contribution in [0.3, 0.4) is 0 Å². The molecular weight excluding hydrogens is 308 g/mol. The fraction of sp³-hybridized carbons (Fsp3) is 0.333. The molecule has 0 bridgehead atoms. The van der Waals surface area contributed by atoms with E-state index in [9.17, 15) is 4.79 Å². The van der Waals surface area contributed by atoms with Crippen molar-refractivity contribution in [2.24, 2.45) is 0 Å². The summed E-state index contributed by atoms with van der Waals surface area (Å²) in [5.41, 5.74) is 1.41. The van der Waals surface area contributed by atoms with Crippen LogP contribution in [0.15, 0.2) is 36.7 Å². The van der Waals surface area contributed by atoms with Crippen molar-refractivity contribution in [3.8, 4) is 0 Å². The number of esters is 1. The quantitative estimate of drug-likeness (QED) is 0.809. The molecule has 1 aliphatic heterocycles. The van der Waals surface area contributed by atoms with Crippen molar-refractivity contribution in [1.29, 1.82) is 0 Å². The highest BCUT2D eigenvalue weighted by Crippen LogP contribution is 2.27. The lowest BCUT2D eigenvalue weighted by Gasteiger charge is -2.25. The number of ether oxygens (including phenoxy) is 1. The largest absolute Gasteiger partial charge is 0.456 e. The summed E-state index contributed by atoms with van der Waals surface area (Å²) in [4.78, 5) is 16.4. The minimum absolute atomic E-state index is 0.00560. The van der Waals surface area contributed by atoms with Gasteiger partial charge in [-0.25, -0.2) is 9.78 Å². The van der Waals surface area contributed by atoms with Gasteiger partial charge in [-0.2, -0.15) is 11.8 Å². The van der Waals surface area contributed by atoms with Crippen LogP contribution in [0, 0.1) is 0 Å². The molecule has 1 saturated heterocycles. The number of aromatic nitrogens is 2. The summed E-state index contributed by atoms with van der Waals surface area (Å²) in [5.74, 6) is 1.31. The third-order valence-electron chi connectivity index (χ3n) is 3.52. The third kappa shape index (κ3) is 2.94. The van der Waals surface area contributed by atoms with Crippen molar-refractivity contribution in [1.82, 2.24) is 9.55 Å². The van der Waals surface area contributed by atoms with Crippen LogP contribution in [0.5, 0.6) is 0 Å². The van der Waals surface area contributed by atoms with Crippen molar-refractivity contribution in [2.45, 2.75) is 19.1 Å². The van der Waals surface area contributed by atoms with E-state index < -0.39 is 5.97 Å². The van der Waals surface area contributed by atoms with Gasteiger partial charge < -0.3 is 9.30 Å². The Labute approximate surface area is 132 Å². The summed E-state index contributed by atoms with van der Waals surface area (Å²) in [6.45, 7) is 2.00. The zero-order valence-corrected chi connectivity index (χ0v) is 13.1. The Balaban J connectivity index is 1.87. The first-order valence-electron chi connectivity index (χ1n) is 6.73. The van der Waals surface area contributed by atoms with Crippen molar-refractivity contribution in [3.05, 3.63) is 53.1 Å². The number of hydrogen-bond acceptors (Lipinski definition) is 4. The van der Waals surface area contributed by atoms with Crippen LogP contribution >= 0.6 is 23.4 Å². The SMILES string of the molecule is C[C@H](c1ccccc1)n1cnc(Cl)c1C(=O)OC1CSC1. The van der Waals surface area contributed by atoms with Gasteiger partial charge >= 0.3 is 5.97 Å². The number of thioether (sulfide) groups is 1. The van der Waals surface area contributed by atoms with Gasteiger partial charge in [-0.3, -0.25) is 0 Å². The van der Waals surface area contributed by atoms with Crippen LogP contribution in [0.1, 0.15) is 29.0 Å². The maximum Gasteiger partial charge on any atom is 0.358 e. The molecule has 1 atom stereocenters. The highest BCUT2D eigenvalue weighted by Gasteiger charge is 2.28. The lowest BCUT2D eigenvalue weighted by molar-refractivity contribution is 0.0361. The summed E-state index contributed by atoms with van der Waals surface area (Å²) >= 11 is 7.84. The first-order chi connectivity index (χ1) is 10.2. The van der Waals surface area contributed by atoms with Crippen molar-refractivity contribution >= 4 is 29.3 Å². The number of carbonyl (C=O) groups excluding carboxylic acids is 1. The number of halogens is 1. The lowest BCUT2D eigenvalue weighted by atomic mass is 10.1. The molecular formula is C15H15ClN2O2S. The van der Waals surface area contributed by atoms with Crippen molar-refractivity contribution < 1.29 is 9.53 Å². The van der Waals surface area contributed by atoms with Crippen LogP contribution < -0.4 is 0 Å². The molecule has 0 amide bonds. The predicted octanol–water partition coefficient (Wildman–Crippen LogP) is 3.42. The molecule has 0 aliphatic carbocycles. The molecule has 2 aromatic rings. The summed E-state index contributed by atoms with van der Waals surface area (Å²) in [5, 5.41) is 0.190. The Morgan fingerprint density at radius 3 is 2.76 bits per heavy atom. The van der Waals surface area contributed by atoms with E-state index in [1.54, 1.807) is 22.7 Å². The summed E-state index contributed by atoms with van der Waals surface area (Å²) in [6, 6.07) is 9.87. The van der Waals surface area contributed by atoms with Crippen LogP contribution in [0.4, 0.5) is 0 Å². The van der Waals surface area contributed by atoms with Crippen LogP contribution in [-0.4, -0.2) is 33.1 Å². The number of imidazole rings is 1. The number of benzene rings is 1. The van der Waals surface area contributed by atoms with Gasteiger partial charge in [0.15, 0.2) is 10.8 Å². The van der Waals surface area contributed by atoms with E-state index in [2.05, 4.69) is 4.98 Å². The van der Waals surface area contributed by atoms with Gasteiger partial charge in [-0.1, -0.05) is 41.9 Å². The Kier molecular flexibility index (Phi) is 4.22. The standard InChI is InChI=1S/C15H15ClN2O2S/c1-10(11-5-3-2-4-6-11)18-9-17-14(16)13(18)15(19)20-12-7-21-8-12/h2-6,9-10,12H,7-8H2,1H3/t10-/m1/s1. The highest BCUT2D eigenvalue weighted by atomic mass is 35.5. The third-order valence-corrected chi connectivity index (χ3v) is 5.01. The Bertz CT molecular complexity index is 640. The molecule has 0 unspecified atom stereocenters. The topological polar surface area (TPSA) is 44.1 Å². The van der Waals surface area contributed by atoms with Crippen molar-refractivity contribution in [2.75, 3.05) is 11.5 Å². The second-order valence-corrected chi connectivity index (χ2v) is 6.38. The molecule has 0 N–H and O–H groups in total. The fourth-order valence-electron chi connectivity index (χ4n) is 2.20. The lowest BCUT2D eigenvalue weighted by Crippen LogP contribution is -2.31. The molecule has 6 heteroatoms. The van der Waals surface area contributed by atoms with Gasteiger partial charge in [0.05, 0.1) is 12.4 Å². The molecule has 2 heterocycles. The minimum atomic E-state index is -0.398. The minimum Gasteiger partial charge on any atom is -0.456 e. The number of rotatable bonds is 4. The second kappa shape index (κ2) is 6.12. The summed E-state index contributed by atoms with van der Waals surface area (Å²) in [6.07, 6.45) is 1.58. The van der Waals surface area contributed by atoms with Gasteiger partial charge in [0.25, 0.3) is 0 Å². The van der Waals surface area contributed by atoms with E-state index in [0.29, 0.717) is 5.69 Å². The second-order valence-electron chi connectivity index (χ2n) is 4.94. The Morgan fingerprint density at radius 1 is 1.43 bits per heavy atom. The normalized spacial score (nSPS) is 16.3. The smallest absolute Gasteiger partial charge is 0.358 e. The maximum atomic E-state index is 12.3. The van der Waals surface area contributed by atoms with E-state index in [0.717, 1.165) is 17.1 Å². The highest BCUT2D eigenvalue weighted by molar-refractivity contribution is 8.00. The van der Waals surface area contributed by atoms with Crippen molar-refractivity contribution in [3.63, 3.8) is 0 Å². The van der Waals surface area contributed by atoms with Gasteiger partial charge in [-0.15, -0.1) is 0 Å². The van der Waals surface area contributed by atoms with Crippen LogP contribution in [0.2, 0.25) is 5.15 Å². The Morgan fingerprint density at radius 2 is 2.14 bits per heavy atom. The molecule has 1 aromatic carbocycles. The van der Waals surface area contributed by atoms with Crippen LogP contribution in [0.25, 0.3) is 0 Å². The molecule has 0 spiro atoms. The van der Waals surface area contributed by atoms with E-state index in [1.165, 1.54) is 0 Å². The summed E-state index contributed by atoms with van der Waals surface area (Å²) < 4.78 is 7.20. The fourth-order valence-corrected chi connectivity index (χ4v) is 2.99. The molecule has 1 aliphatic rings. The molecule has 21 heavy (non-hydrogen) atoms. The van der Waals surface area contributed by atoms with Crippen LogP contribution in [-0.2, 0) is 4.74 Å². The zero-order valence-electron chi connectivity index (χ0n) is 11.5. The number of nitrogens with zero attached hydrogens (tertiary/aromatic N) is 2. The average Bonchev–Trinajstić information content (AvgIpc) is 2.84. The maximum absolute atomic E-state index is 12.3. The van der Waals surface area contributed by atoms with E-state index >= 15 is 0 Å². The molecule has 3 rings (SSSR count). The zero-order chi connectivity index (χ0) is 14.8. The number of carbonyl (C=O) groups is 1. The predicted molar refractivity (Wildman–Crippen MR) is 84.0 cm³/mol. The van der Waals surface area contributed by atoms with E-state index in [4.69, 9.17) is 16.3 Å². The molecule has 0 radical (unpaired) electrons. The average molecular weight is 323 g/mol. The summed E-state index contributed by atoms with van der Waals surface area (Å²) in [7, 11) is 0. The van der Waals surface area contributed by atoms with Gasteiger partial charge in [0.2, 0.25) is 0 Å². The monoisotopic (exact) mass is 322 g/mol. The van der Waals surface area contributed by atoms with E-state index in [1.807, 2.05) is 37.3 Å². The van der Waals surface area contributed by atoms with E-state index in [-0.39, 0.29) is 17.3 Å². The molecule has 0 saturated carbocycles. The molecule has 110 valence electrons. The first kappa shape index (κ1) is 14.5. The molecule has 1 aromatic heterocycles. The van der Waals surface area contributed by atoms with Gasteiger partial charge in [-0.05, 0) is 12.5 Å². The van der Waals surface area contributed by atoms with Gasteiger partial charge in [0, 0.05) is 11.5 Å². The van der Waals surface area contributed by atoms with Gasteiger partial charge in [0.1, 0.15) is 6.10 Å². The molecule has 4 nitrogen and oxygen atoms in total.